The van der Waals surface area contributed by atoms with Crippen LogP contribution in [0.1, 0.15) is 0 Å². The van der Waals surface area contributed by atoms with Crippen LogP contribution in [0.25, 0.3) is 21.5 Å². The van der Waals surface area contributed by atoms with Crippen molar-refractivity contribution in [3.8, 4) is 0 Å². The number of benzene rings is 3. The van der Waals surface area contributed by atoms with Crippen LogP contribution in [0.4, 0.5) is 0 Å². The van der Waals surface area contributed by atoms with Crippen LogP contribution in [-0.4, -0.2) is 0 Å². The minimum absolute atomic E-state index is 1.04. The highest BCUT2D eigenvalue weighted by Crippen LogP contribution is 2.44. The summed E-state index contributed by atoms with van der Waals surface area (Å²) in [5.41, 5.74) is 0. The fraction of sp³-hybridized carbons (Fsp3) is 0. The predicted octanol–water partition coefficient (Wildman–Crippen LogP) is 8.57. The highest BCUT2D eigenvalue weighted by Gasteiger charge is 2.14. The maximum absolute atomic E-state index is 3.74. The summed E-state index contributed by atoms with van der Waals surface area (Å²) in [4.78, 5) is 0. The molecule has 0 atom stereocenters. The van der Waals surface area contributed by atoms with E-state index in [4.69, 9.17) is 0 Å². The van der Waals surface area contributed by atoms with Crippen LogP contribution in [0.3, 0.4) is 0 Å². The van der Waals surface area contributed by atoms with Crippen LogP contribution in [0.2, 0.25) is 0 Å². The molecule has 0 nitrogen and oxygen atoms in total. The van der Waals surface area contributed by atoms with E-state index in [1.54, 1.807) is 0 Å². The molecule has 0 saturated carbocycles. The number of rotatable bonds is 0. The number of hydrogen-bond donors (Lipinski definition) is 0. The highest BCUT2D eigenvalue weighted by atomic mass is 79.9. The Morgan fingerprint density at radius 3 is 0.800 bits per heavy atom. The Hall–Kier alpha value is 1.06. The Morgan fingerprint density at radius 1 is 0.400 bits per heavy atom. The lowest BCUT2D eigenvalue weighted by Crippen LogP contribution is -1.85. The summed E-state index contributed by atoms with van der Waals surface area (Å²) in [5.74, 6) is 0. The Kier molecular flexibility index (Phi) is 4.72. The molecule has 3 rings (SSSR count). The molecule has 20 heavy (non-hydrogen) atoms. The minimum Gasteiger partial charge on any atom is -0.0496 e. The van der Waals surface area contributed by atoms with Crippen molar-refractivity contribution in [2.24, 2.45) is 0 Å². The maximum Gasteiger partial charge on any atom is 0.0333 e. The van der Waals surface area contributed by atoms with Crippen molar-refractivity contribution in [1.29, 1.82) is 0 Å². The first kappa shape index (κ1) is 15.9. The first-order valence-corrected chi connectivity index (χ1v) is 10.2. The summed E-state index contributed by atoms with van der Waals surface area (Å²) in [5, 5.41) is 4.64. The van der Waals surface area contributed by atoms with E-state index in [1.165, 1.54) is 0 Å². The van der Waals surface area contributed by atoms with Crippen molar-refractivity contribution in [1.82, 2.24) is 0 Å². The van der Waals surface area contributed by atoms with Crippen LogP contribution < -0.4 is 0 Å². The van der Waals surface area contributed by atoms with Gasteiger partial charge >= 0.3 is 0 Å². The number of hydrogen-bond acceptors (Lipinski definition) is 0. The van der Waals surface area contributed by atoms with Gasteiger partial charge in [-0.25, -0.2) is 0 Å². The SMILES string of the molecule is Brc1cc2c(Br)c3cc(Br)c(Br)cc3c(Br)c2cc1Br. The van der Waals surface area contributed by atoms with Gasteiger partial charge in [-0.1, -0.05) is 0 Å². The summed E-state index contributed by atoms with van der Waals surface area (Å²) in [7, 11) is 0. The standard InChI is InChI=1S/C14H4Br6/c15-9-1-5-6(2-10(9)16)14(20)8-4-12(18)11(17)3-7(8)13(5)19/h1-4H. The van der Waals surface area contributed by atoms with E-state index >= 15 is 0 Å². The summed E-state index contributed by atoms with van der Waals surface area (Å²) in [6, 6.07) is 8.46. The average Bonchev–Trinajstić information content (AvgIpc) is 2.41. The third kappa shape index (κ3) is 2.58. The van der Waals surface area contributed by atoms with Crippen LogP contribution in [-0.2, 0) is 0 Å². The number of halogens is 6. The third-order valence-electron chi connectivity index (χ3n) is 3.07. The second-order valence-corrected chi connectivity index (χ2v) is 9.26. The molecular formula is C14H4Br6. The average molecular weight is 652 g/mol. The first-order chi connectivity index (χ1) is 9.40. The van der Waals surface area contributed by atoms with Crippen molar-refractivity contribution < 1.29 is 0 Å². The lowest BCUT2D eigenvalue weighted by atomic mass is 10.0. The molecule has 0 aliphatic rings. The molecule has 0 heterocycles. The van der Waals surface area contributed by atoms with Crippen molar-refractivity contribution in [2.45, 2.75) is 0 Å². The molecule has 0 spiro atoms. The summed E-state index contributed by atoms with van der Waals surface area (Å²) < 4.78 is 6.32. The van der Waals surface area contributed by atoms with Gasteiger partial charge in [0.05, 0.1) is 0 Å². The molecule has 3 aromatic carbocycles. The Bertz CT molecular complexity index is 728. The molecule has 0 fully saturated rings. The quantitative estimate of drug-likeness (QED) is 0.214. The van der Waals surface area contributed by atoms with Gasteiger partial charge in [0.1, 0.15) is 0 Å². The fourth-order valence-electron chi connectivity index (χ4n) is 2.11. The van der Waals surface area contributed by atoms with Crippen LogP contribution in [0, 0.1) is 0 Å². The van der Waals surface area contributed by atoms with Gasteiger partial charge in [-0.2, -0.15) is 0 Å². The molecule has 0 unspecified atom stereocenters. The van der Waals surface area contributed by atoms with E-state index in [2.05, 4.69) is 120 Å². The van der Waals surface area contributed by atoms with Gasteiger partial charge in [0.15, 0.2) is 0 Å². The molecular weight excluding hydrogens is 648 g/mol. The van der Waals surface area contributed by atoms with Gasteiger partial charge in [0, 0.05) is 26.8 Å². The van der Waals surface area contributed by atoms with E-state index in [-0.39, 0.29) is 0 Å². The molecule has 3 aromatic rings. The Morgan fingerprint density at radius 2 is 0.600 bits per heavy atom. The van der Waals surface area contributed by atoms with Crippen molar-refractivity contribution in [3.63, 3.8) is 0 Å². The summed E-state index contributed by atoms with van der Waals surface area (Å²) in [6.07, 6.45) is 0. The van der Waals surface area contributed by atoms with Crippen molar-refractivity contribution in [2.75, 3.05) is 0 Å². The first-order valence-electron chi connectivity index (χ1n) is 5.44. The second-order valence-electron chi connectivity index (χ2n) is 4.25. The van der Waals surface area contributed by atoms with Gasteiger partial charge in [-0.05, 0) is 141 Å². The minimum atomic E-state index is 1.04. The monoisotopic (exact) mass is 646 g/mol. The molecule has 0 amide bonds. The maximum atomic E-state index is 3.74. The molecule has 0 N–H and O–H groups in total. The van der Waals surface area contributed by atoms with Crippen LogP contribution >= 0.6 is 95.6 Å². The van der Waals surface area contributed by atoms with Gasteiger partial charge < -0.3 is 0 Å². The molecule has 0 aliphatic heterocycles. The Labute approximate surface area is 166 Å². The summed E-state index contributed by atoms with van der Waals surface area (Å²) in [6.45, 7) is 0. The summed E-state index contributed by atoms with van der Waals surface area (Å²) >= 11 is 21.7. The van der Waals surface area contributed by atoms with E-state index in [0.717, 1.165) is 48.4 Å². The van der Waals surface area contributed by atoms with E-state index in [1.807, 2.05) is 0 Å². The second kappa shape index (κ2) is 5.93. The molecule has 0 bridgehead atoms. The van der Waals surface area contributed by atoms with E-state index < -0.39 is 0 Å². The van der Waals surface area contributed by atoms with Crippen molar-refractivity contribution >= 4 is 117 Å². The zero-order valence-electron chi connectivity index (χ0n) is 9.58. The van der Waals surface area contributed by atoms with E-state index in [9.17, 15) is 0 Å². The molecule has 102 valence electrons. The van der Waals surface area contributed by atoms with Gasteiger partial charge in [0.2, 0.25) is 0 Å². The highest BCUT2D eigenvalue weighted by molar-refractivity contribution is 9.13. The third-order valence-corrected chi connectivity index (χ3v) is 8.46. The lowest BCUT2D eigenvalue weighted by molar-refractivity contribution is 1.61. The number of fused-ring (bicyclic) bond motifs is 2. The lowest BCUT2D eigenvalue weighted by Gasteiger charge is -2.12. The topological polar surface area (TPSA) is 0 Å². The normalized spacial score (nSPS) is 11.5. The van der Waals surface area contributed by atoms with Gasteiger partial charge in [-0.15, -0.1) is 0 Å². The molecule has 0 saturated heterocycles. The molecule has 0 aromatic heterocycles. The molecule has 6 heteroatoms. The Balaban J connectivity index is 2.60. The van der Waals surface area contributed by atoms with Gasteiger partial charge in [-0.3, -0.25) is 0 Å². The van der Waals surface area contributed by atoms with Crippen LogP contribution in [0.5, 0.6) is 0 Å². The van der Waals surface area contributed by atoms with E-state index in [0.29, 0.717) is 0 Å². The molecule has 0 aliphatic carbocycles. The molecule has 0 radical (unpaired) electrons. The largest absolute Gasteiger partial charge is 0.0496 e. The zero-order chi connectivity index (χ0) is 14.6. The predicted molar refractivity (Wildman–Crippen MR) is 108 cm³/mol. The van der Waals surface area contributed by atoms with Crippen LogP contribution in [0.15, 0.2) is 51.1 Å². The smallest absolute Gasteiger partial charge is 0.0333 e. The zero-order valence-corrected chi connectivity index (χ0v) is 19.1. The fourth-order valence-corrected chi connectivity index (χ4v) is 4.80. The van der Waals surface area contributed by atoms with Crippen molar-refractivity contribution in [3.05, 3.63) is 51.1 Å². The van der Waals surface area contributed by atoms with Gasteiger partial charge in [0.25, 0.3) is 0 Å².